The van der Waals surface area contributed by atoms with Crippen LogP contribution in [0.5, 0.6) is 0 Å². The number of aromatic nitrogens is 2. The number of hydrogen-bond acceptors (Lipinski definition) is 11. The Kier molecular flexibility index (Phi) is 13.1. The van der Waals surface area contributed by atoms with Crippen molar-refractivity contribution < 1.29 is 52.3 Å². The van der Waals surface area contributed by atoms with Crippen LogP contribution < -0.4 is 11.1 Å². The second-order valence-electron chi connectivity index (χ2n) is 7.23. The van der Waals surface area contributed by atoms with Gasteiger partial charge >= 0.3 is 25.7 Å². The highest BCUT2D eigenvalue weighted by Gasteiger charge is 2.31. The van der Waals surface area contributed by atoms with Gasteiger partial charge in [0.25, 0.3) is 0 Å². The summed E-state index contributed by atoms with van der Waals surface area (Å²) in [6, 6.07) is -2.89. The maximum absolute atomic E-state index is 12.3. The highest BCUT2D eigenvalue weighted by molar-refractivity contribution is 7.47. The van der Waals surface area contributed by atoms with Gasteiger partial charge in [-0.3, -0.25) is 23.4 Å². The highest BCUT2D eigenvalue weighted by atomic mass is 31.2. The molecule has 198 valence electrons. The van der Waals surface area contributed by atoms with Crippen molar-refractivity contribution in [3.8, 4) is 0 Å². The summed E-state index contributed by atoms with van der Waals surface area (Å²) in [6.45, 7) is 1.48. The van der Waals surface area contributed by atoms with E-state index in [1.807, 2.05) is 0 Å². The Bertz CT molecular complexity index is 880. The highest BCUT2D eigenvalue weighted by Crippen LogP contribution is 2.44. The first kappa shape index (κ1) is 30.2. The summed E-state index contributed by atoms with van der Waals surface area (Å²) in [5.41, 5.74) is 6.03. The maximum atomic E-state index is 12.3. The Labute approximate surface area is 201 Å². The molecular formula is C19H31N4O11P. The second kappa shape index (κ2) is 15.2. The molecule has 0 spiro atoms. The molecule has 6 N–H and O–H groups in total. The number of ether oxygens (including phenoxy) is 2. The smallest absolute Gasteiger partial charge is 0.472 e. The number of phosphoric acid groups is 1. The zero-order chi connectivity index (χ0) is 26.4. The topological polar surface area (TPSA) is 229 Å². The summed E-state index contributed by atoms with van der Waals surface area (Å²) in [4.78, 5) is 63.1. The van der Waals surface area contributed by atoms with Crippen LogP contribution in [0, 0.1) is 0 Å². The molecule has 0 fully saturated rings. The van der Waals surface area contributed by atoms with Crippen molar-refractivity contribution in [2.24, 2.45) is 5.73 Å². The molecule has 0 aromatic carbocycles. The fraction of sp³-hybridized carbons (Fsp3) is 0.632. The Morgan fingerprint density at radius 1 is 1.17 bits per heavy atom. The summed E-state index contributed by atoms with van der Waals surface area (Å²) >= 11 is 0. The number of nitrogens with two attached hydrogens (primary N) is 1. The molecule has 0 aliphatic carbocycles. The van der Waals surface area contributed by atoms with E-state index in [1.54, 1.807) is 6.92 Å². The normalized spacial score (nSPS) is 15.3. The summed E-state index contributed by atoms with van der Waals surface area (Å²) in [7, 11) is -4.86. The number of imidazole rings is 1. The lowest BCUT2D eigenvalue weighted by Gasteiger charge is -2.22. The van der Waals surface area contributed by atoms with Gasteiger partial charge in [-0.15, -0.1) is 0 Å². The van der Waals surface area contributed by atoms with Gasteiger partial charge in [0.05, 0.1) is 18.6 Å². The van der Waals surface area contributed by atoms with Crippen LogP contribution >= 0.6 is 7.82 Å². The lowest BCUT2D eigenvalue weighted by atomic mass is 10.1. The molecule has 35 heavy (non-hydrogen) atoms. The van der Waals surface area contributed by atoms with Gasteiger partial charge in [0, 0.05) is 25.5 Å². The van der Waals surface area contributed by atoms with E-state index in [4.69, 9.17) is 24.3 Å². The zero-order valence-electron chi connectivity index (χ0n) is 19.4. The fourth-order valence-corrected chi connectivity index (χ4v) is 3.33. The van der Waals surface area contributed by atoms with Gasteiger partial charge in [-0.1, -0.05) is 13.8 Å². The third-order valence-corrected chi connectivity index (χ3v) is 5.26. The summed E-state index contributed by atoms with van der Waals surface area (Å²) in [6.07, 6.45) is 1.99. The predicted octanol–water partition coefficient (Wildman–Crippen LogP) is -0.352. The van der Waals surface area contributed by atoms with Crippen LogP contribution in [-0.2, 0) is 48.7 Å². The summed E-state index contributed by atoms with van der Waals surface area (Å²) in [5, 5.41) is 11.5. The number of amides is 1. The Morgan fingerprint density at radius 2 is 1.83 bits per heavy atom. The molecule has 0 aliphatic heterocycles. The first-order chi connectivity index (χ1) is 16.5. The van der Waals surface area contributed by atoms with E-state index in [0.717, 1.165) is 0 Å². The van der Waals surface area contributed by atoms with Crippen LogP contribution in [0.3, 0.4) is 0 Å². The molecule has 1 aromatic rings. The van der Waals surface area contributed by atoms with Crippen LogP contribution in [0.25, 0.3) is 0 Å². The van der Waals surface area contributed by atoms with Crippen molar-refractivity contribution in [3.63, 3.8) is 0 Å². The number of nitrogens with zero attached hydrogens (tertiary/aromatic N) is 1. The zero-order valence-corrected chi connectivity index (χ0v) is 20.3. The number of aromatic amines is 1. The number of H-pyrrole nitrogens is 1. The molecule has 0 aliphatic rings. The molecule has 0 saturated heterocycles. The van der Waals surface area contributed by atoms with Gasteiger partial charge in [0.1, 0.15) is 31.4 Å². The van der Waals surface area contributed by atoms with Gasteiger partial charge in [-0.2, -0.15) is 0 Å². The first-order valence-electron chi connectivity index (χ1n) is 10.7. The van der Waals surface area contributed by atoms with Crippen LogP contribution in [-0.4, -0.2) is 81.8 Å². The number of esters is 2. The average molecular weight is 522 g/mol. The van der Waals surface area contributed by atoms with E-state index in [-0.39, 0.29) is 19.3 Å². The van der Waals surface area contributed by atoms with Gasteiger partial charge in [0.2, 0.25) is 5.91 Å². The monoisotopic (exact) mass is 522 g/mol. The molecule has 1 amide bonds. The minimum atomic E-state index is -4.86. The third kappa shape index (κ3) is 12.4. The van der Waals surface area contributed by atoms with E-state index in [1.165, 1.54) is 19.4 Å². The van der Waals surface area contributed by atoms with Crippen molar-refractivity contribution in [2.75, 3.05) is 19.8 Å². The quantitative estimate of drug-likeness (QED) is 0.130. The molecule has 0 radical (unpaired) electrons. The van der Waals surface area contributed by atoms with Crippen molar-refractivity contribution in [3.05, 3.63) is 18.2 Å². The number of carboxylic acid groups (broad SMARTS) is 1. The molecule has 1 aromatic heterocycles. The molecule has 15 nitrogen and oxygen atoms in total. The minimum Gasteiger partial charge on any atom is -0.480 e. The predicted molar refractivity (Wildman–Crippen MR) is 118 cm³/mol. The number of rotatable bonds is 17. The van der Waals surface area contributed by atoms with Crippen molar-refractivity contribution in [1.82, 2.24) is 15.3 Å². The summed E-state index contributed by atoms with van der Waals surface area (Å²) in [5.74, 6) is -3.51. The van der Waals surface area contributed by atoms with Crippen LogP contribution in [0.1, 0.15) is 38.8 Å². The number of carbonyl (C=O) groups excluding carboxylic acids is 3. The van der Waals surface area contributed by atoms with Gasteiger partial charge in [-0.05, 0) is 6.42 Å². The van der Waals surface area contributed by atoms with Gasteiger partial charge < -0.3 is 35.5 Å². The average Bonchev–Trinajstić information content (AvgIpc) is 3.31. The minimum absolute atomic E-state index is 0.0388. The van der Waals surface area contributed by atoms with E-state index in [0.29, 0.717) is 12.1 Å². The van der Waals surface area contributed by atoms with Gasteiger partial charge in [0.15, 0.2) is 0 Å². The molecule has 1 rings (SSSR count). The second-order valence-corrected chi connectivity index (χ2v) is 8.64. The molecule has 16 heteroatoms. The number of aliphatic carboxylic acids is 1. The van der Waals surface area contributed by atoms with Gasteiger partial charge in [-0.25, -0.2) is 14.3 Å². The molecule has 0 saturated carbocycles. The molecule has 4 unspecified atom stereocenters. The fourth-order valence-electron chi connectivity index (χ4n) is 2.42. The Hall–Kier alpha value is -2.84. The van der Waals surface area contributed by atoms with Crippen LogP contribution in [0.15, 0.2) is 12.5 Å². The van der Waals surface area contributed by atoms with E-state index >= 15 is 0 Å². The standard InChI is InChI=1S/C19H31N4O11P/c1-3-5-17(25)32-9-13(8-31-16(24)4-2)34-35(29,30)33-10-14(20)18(26)23-15(19(27)28)6-12-7-21-11-22-12/h7,11,13-15H,3-6,8-10,20H2,1-2H3,(H,21,22)(H,23,26)(H,27,28)(H,29,30). The van der Waals surface area contributed by atoms with Crippen molar-refractivity contribution >= 4 is 31.6 Å². The van der Waals surface area contributed by atoms with E-state index in [2.05, 4.69) is 15.3 Å². The molecule has 0 bridgehead atoms. The molecule has 4 atom stereocenters. The van der Waals surface area contributed by atoms with E-state index in [9.17, 15) is 33.7 Å². The number of nitrogens with one attached hydrogen (secondary N) is 2. The first-order valence-corrected chi connectivity index (χ1v) is 12.2. The Morgan fingerprint density at radius 3 is 2.37 bits per heavy atom. The molecular weight excluding hydrogens is 491 g/mol. The number of hydrogen-bond donors (Lipinski definition) is 5. The SMILES string of the molecule is CCCC(=O)OCC(COC(=O)CC)OP(=O)(O)OCC(N)C(=O)NC(Cc1c[nH]cn1)C(=O)O. The van der Waals surface area contributed by atoms with Crippen molar-refractivity contribution in [1.29, 1.82) is 0 Å². The number of carbonyl (C=O) groups is 4. The lowest BCUT2D eigenvalue weighted by Crippen LogP contribution is -2.50. The summed E-state index contributed by atoms with van der Waals surface area (Å²) < 4.78 is 31.8. The Balaban J connectivity index is 2.65. The van der Waals surface area contributed by atoms with Crippen LogP contribution in [0.4, 0.5) is 0 Å². The number of phosphoric ester groups is 1. The van der Waals surface area contributed by atoms with E-state index < -0.39 is 69.6 Å². The lowest BCUT2D eigenvalue weighted by molar-refractivity contribution is -0.152. The third-order valence-electron chi connectivity index (χ3n) is 4.22. The van der Waals surface area contributed by atoms with Crippen LogP contribution in [0.2, 0.25) is 0 Å². The molecule has 1 heterocycles. The maximum Gasteiger partial charge on any atom is 0.472 e. The largest absolute Gasteiger partial charge is 0.480 e. The number of carboxylic acids is 1. The van der Waals surface area contributed by atoms with Crippen molar-refractivity contribution in [2.45, 2.75) is 57.7 Å².